The largest absolute Gasteiger partial charge is 0.385 e. The van der Waals surface area contributed by atoms with E-state index in [0.717, 1.165) is 5.56 Å². The SMILES string of the molecule is COCCCOS(=O)(=O)c1cccc(C)c1. The van der Waals surface area contributed by atoms with Crippen molar-refractivity contribution in [3.05, 3.63) is 29.8 Å². The highest BCUT2D eigenvalue weighted by Crippen LogP contribution is 2.13. The first-order valence-electron chi connectivity index (χ1n) is 5.01. The van der Waals surface area contributed by atoms with E-state index < -0.39 is 10.1 Å². The van der Waals surface area contributed by atoms with Crippen molar-refractivity contribution < 1.29 is 17.3 Å². The molecule has 90 valence electrons. The van der Waals surface area contributed by atoms with Crippen LogP contribution in [0.5, 0.6) is 0 Å². The molecule has 4 nitrogen and oxygen atoms in total. The molecule has 0 spiro atoms. The van der Waals surface area contributed by atoms with Crippen LogP contribution in [0.1, 0.15) is 12.0 Å². The van der Waals surface area contributed by atoms with Crippen LogP contribution >= 0.6 is 0 Å². The lowest BCUT2D eigenvalue weighted by Gasteiger charge is -2.05. The quantitative estimate of drug-likeness (QED) is 0.565. The molecule has 0 fully saturated rings. The second kappa shape index (κ2) is 5.98. The lowest BCUT2D eigenvalue weighted by Crippen LogP contribution is -2.09. The molecule has 5 heteroatoms. The fraction of sp³-hybridized carbons (Fsp3) is 0.455. The van der Waals surface area contributed by atoms with Crippen molar-refractivity contribution >= 4 is 10.1 Å². The summed E-state index contributed by atoms with van der Waals surface area (Å²) in [6, 6.07) is 6.65. The average molecular weight is 244 g/mol. The van der Waals surface area contributed by atoms with Gasteiger partial charge in [-0.1, -0.05) is 12.1 Å². The molecule has 0 heterocycles. The zero-order valence-corrected chi connectivity index (χ0v) is 10.3. The van der Waals surface area contributed by atoms with Crippen LogP contribution in [0.3, 0.4) is 0 Å². The highest BCUT2D eigenvalue weighted by molar-refractivity contribution is 7.86. The van der Waals surface area contributed by atoms with Gasteiger partial charge in [0.05, 0.1) is 11.5 Å². The van der Waals surface area contributed by atoms with Crippen molar-refractivity contribution in [1.29, 1.82) is 0 Å². The molecule has 0 bridgehead atoms. The number of hydrogen-bond donors (Lipinski definition) is 0. The van der Waals surface area contributed by atoms with Gasteiger partial charge in [0, 0.05) is 13.7 Å². The van der Waals surface area contributed by atoms with Crippen molar-refractivity contribution in [2.24, 2.45) is 0 Å². The summed E-state index contributed by atoms with van der Waals surface area (Å²) < 4.78 is 33.0. The summed E-state index contributed by atoms with van der Waals surface area (Å²) in [5.74, 6) is 0. The Kier molecular flexibility index (Phi) is 4.92. The van der Waals surface area contributed by atoms with Gasteiger partial charge in [0.1, 0.15) is 0 Å². The first-order valence-corrected chi connectivity index (χ1v) is 6.42. The number of benzene rings is 1. The van der Waals surface area contributed by atoms with E-state index in [9.17, 15) is 8.42 Å². The van der Waals surface area contributed by atoms with Crippen LogP contribution in [0.2, 0.25) is 0 Å². The molecule has 0 aliphatic heterocycles. The molecule has 0 N–H and O–H groups in total. The highest BCUT2D eigenvalue weighted by atomic mass is 32.2. The van der Waals surface area contributed by atoms with Gasteiger partial charge in [-0.15, -0.1) is 0 Å². The predicted octanol–water partition coefficient (Wildman–Crippen LogP) is 1.74. The molecular weight excluding hydrogens is 228 g/mol. The molecular formula is C11H16O4S. The maximum absolute atomic E-state index is 11.7. The lowest BCUT2D eigenvalue weighted by atomic mass is 10.2. The van der Waals surface area contributed by atoms with Crippen LogP contribution in [0.15, 0.2) is 29.2 Å². The van der Waals surface area contributed by atoms with Crippen molar-refractivity contribution in [2.45, 2.75) is 18.2 Å². The molecule has 0 aliphatic carbocycles. The van der Waals surface area contributed by atoms with Crippen LogP contribution in [0.4, 0.5) is 0 Å². The summed E-state index contributed by atoms with van der Waals surface area (Å²) in [5.41, 5.74) is 0.890. The average Bonchev–Trinajstić information content (AvgIpc) is 2.24. The molecule has 1 aromatic carbocycles. The molecule has 0 unspecified atom stereocenters. The third-order valence-electron chi connectivity index (χ3n) is 2.01. The van der Waals surface area contributed by atoms with Crippen molar-refractivity contribution in [1.82, 2.24) is 0 Å². The zero-order valence-electron chi connectivity index (χ0n) is 9.47. The van der Waals surface area contributed by atoms with E-state index in [1.54, 1.807) is 19.2 Å². The molecule has 0 saturated carbocycles. The lowest BCUT2D eigenvalue weighted by molar-refractivity contribution is 0.174. The van der Waals surface area contributed by atoms with Gasteiger partial charge < -0.3 is 4.74 Å². The molecule has 0 saturated heterocycles. The second-order valence-corrected chi connectivity index (χ2v) is 5.05. The molecule has 0 atom stereocenters. The summed E-state index contributed by atoms with van der Waals surface area (Å²) in [6.45, 7) is 2.47. The van der Waals surface area contributed by atoms with E-state index in [4.69, 9.17) is 8.92 Å². The number of ether oxygens (including phenoxy) is 1. The maximum Gasteiger partial charge on any atom is 0.296 e. The van der Waals surface area contributed by atoms with E-state index in [-0.39, 0.29) is 11.5 Å². The standard InChI is InChI=1S/C11H16O4S/c1-10-5-3-6-11(9-10)16(12,13)15-8-4-7-14-2/h3,5-6,9H,4,7-8H2,1-2H3. The van der Waals surface area contributed by atoms with E-state index >= 15 is 0 Å². The van der Waals surface area contributed by atoms with E-state index in [1.165, 1.54) is 6.07 Å². The topological polar surface area (TPSA) is 52.6 Å². The van der Waals surface area contributed by atoms with E-state index in [0.29, 0.717) is 13.0 Å². The Balaban J connectivity index is 2.64. The minimum absolute atomic E-state index is 0.143. The molecule has 1 rings (SSSR count). The molecule has 1 aromatic rings. The Labute approximate surface area is 96.3 Å². The van der Waals surface area contributed by atoms with Gasteiger partial charge in [-0.25, -0.2) is 0 Å². The van der Waals surface area contributed by atoms with Gasteiger partial charge in [-0.2, -0.15) is 8.42 Å². The normalized spacial score (nSPS) is 11.6. The molecule has 16 heavy (non-hydrogen) atoms. The van der Waals surface area contributed by atoms with Gasteiger partial charge in [-0.3, -0.25) is 4.18 Å². The molecule has 0 aliphatic rings. The van der Waals surface area contributed by atoms with Gasteiger partial charge in [0.25, 0.3) is 10.1 Å². The predicted molar refractivity (Wildman–Crippen MR) is 60.8 cm³/mol. The van der Waals surface area contributed by atoms with Gasteiger partial charge >= 0.3 is 0 Å². The highest BCUT2D eigenvalue weighted by Gasteiger charge is 2.14. The van der Waals surface area contributed by atoms with Crippen LogP contribution in [-0.2, 0) is 19.0 Å². The molecule has 0 amide bonds. The third-order valence-corrected chi connectivity index (χ3v) is 3.32. The van der Waals surface area contributed by atoms with Crippen LogP contribution in [0.25, 0.3) is 0 Å². The molecule has 0 aromatic heterocycles. The molecule has 0 radical (unpaired) electrons. The minimum Gasteiger partial charge on any atom is -0.385 e. The fourth-order valence-corrected chi connectivity index (χ4v) is 2.26. The maximum atomic E-state index is 11.7. The fourth-order valence-electron chi connectivity index (χ4n) is 1.21. The Morgan fingerprint density at radius 2 is 2.00 bits per heavy atom. The monoisotopic (exact) mass is 244 g/mol. The first-order chi connectivity index (χ1) is 7.56. The summed E-state index contributed by atoms with van der Waals surface area (Å²) in [6.07, 6.45) is 0.557. The summed E-state index contributed by atoms with van der Waals surface area (Å²) >= 11 is 0. The van der Waals surface area contributed by atoms with Gasteiger partial charge in [-0.05, 0) is 31.0 Å². The number of methoxy groups -OCH3 is 1. The van der Waals surface area contributed by atoms with Crippen molar-refractivity contribution in [2.75, 3.05) is 20.3 Å². The Morgan fingerprint density at radius 3 is 2.62 bits per heavy atom. The Hall–Kier alpha value is -0.910. The zero-order chi connectivity index (χ0) is 12.0. The minimum atomic E-state index is -3.62. The smallest absolute Gasteiger partial charge is 0.296 e. The van der Waals surface area contributed by atoms with Gasteiger partial charge in [0.15, 0.2) is 0 Å². The first kappa shape index (κ1) is 13.2. The van der Waals surface area contributed by atoms with Crippen LogP contribution < -0.4 is 0 Å². The third kappa shape index (κ3) is 3.92. The summed E-state index contributed by atoms with van der Waals surface area (Å²) in [7, 11) is -2.05. The van der Waals surface area contributed by atoms with E-state index in [2.05, 4.69) is 0 Å². The number of aryl methyl sites for hydroxylation is 1. The number of hydrogen-bond acceptors (Lipinski definition) is 4. The van der Waals surface area contributed by atoms with Crippen LogP contribution in [-0.4, -0.2) is 28.7 Å². The Bertz CT molecular complexity index is 425. The Morgan fingerprint density at radius 1 is 1.25 bits per heavy atom. The summed E-state index contributed by atoms with van der Waals surface area (Å²) in [4.78, 5) is 0.199. The van der Waals surface area contributed by atoms with Crippen molar-refractivity contribution in [3.8, 4) is 0 Å². The van der Waals surface area contributed by atoms with Gasteiger partial charge in [0.2, 0.25) is 0 Å². The van der Waals surface area contributed by atoms with Crippen molar-refractivity contribution in [3.63, 3.8) is 0 Å². The second-order valence-electron chi connectivity index (χ2n) is 3.44. The summed E-state index contributed by atoms with van der Waals surface area (Å²) in [5, 5.41) is 0. The van der Waals surface area contributed by atoms with E-state index in [1.807, 2.05) is 13.0 Å². The number of rotatable bonds is 6. The van der Waals surface area contributed by atoms with Crippen LogP contribution in [0, 0.1) is 6.92 Å².